The van der Waals surface area contributed by atoms with E-state index in [1.54, 1.807) is 0 Å². The van der Waals surface area contributed by atoms with E-state index in [9.17, 15) is 4.79 Å². The first-order valence-corrected chi connectivity index (χ1v) is 3.57. The molecule has 0 saturated heterocycles. The molecule has 0 aromatic carbocycles. The number of hydrogen-bond acceptors (Lipinski definition) is 1. The van der Waals surface area contributed by atoms with Crippen LogP contribution in [0, 0.1) is 5.92 Å². The van der Waals surface area contributed by atoms with Crippen LogP contribution in [0.25, 0.3) is 0 Å². The molecule has 0 aromatic heterocycles. The van der Waals surface area contributed by atoms with E-state index in [1.807, 2.05) is 0 Å². The van der Waals surface area contributed by atoms with Crippen molar-refractivity contribution >= 4 is 5.97 Å². The number of rotatable bonds is 2. The number of hydrogen-bond donors (Lipinski definition) is 1. The van der Waals surface area contributed by atoms with Crippen molar-refractivity contribution in [2.24, 2.45) is 5.92 Å². The minimum absolute atomic E-state index is 0.318. The van der Waals surface area contributed by atoms with Crippen LogP contribution < -0.4 is 0 Å². The molecule has 1 rings (SSSR count). The zero-order chi connectivity index (χ0) is 7.56. The lowest BCUT2D eigenvalue weighted by Gasteiger charge is -2.01. The molecule has 2 nitrogen and oxygen atoms in total. The minimum atomic E-state index is -0.681. The molecule has 10 heavy (non-hydrogen) atoms. The summed E-state index contributed by atoms with van der Waals surface area (Å²) in [6, 6.07) is 0. The normalized spacial score (nSPS) is 25.2. The summed E-state index contributed by atoms with van der Waals surface area (Å²) in [7, 11) is 0. The summed E-state index contributed by atoms with van der Waals surface area (Å²) in [4.78, 5) is 10.2. The van der Waals surface area contributed by atoms with E-state index in [1.165, 1.54) is 5.57 Å². The predicted molar refractivity (Wildman–Crippen MR) is 38.7 cm³/mol. The van der Waals surface area contributed by atoms with E-state index in [0.29, 0.717) is 12.3 Å². The molecular formula is C8H12O2. The molecule has 0 spiro atoms. The molecule has 0 heterocycles. The molecule has 0 aromatic rings. The summed E-state index contributed by atoms with van der Waals surface area (Å²) < 4.78 is 0. The molecule has 1 aliphatic carbocycles. The second kappa shape index (κ2) is 2.86. The minimum Gasteiger partial charge on any atom is -0.481 e. The molecule has 1 saturated carbocycles. The van der Waals surface area contributed by atoms with Gasteiger partial charge in [-0.2, -0.15) is 0 Å². The van der Waals surface area contributed by atoms with E-state index in [-0.39, 0.29) is 0 Å². The maximum Gasteiger partial charge on any atom is 0.303 e. The van der Waals surface area contributed by atoms with E-state index in [2.05, 4.69) is 6.58 Å². The lowest BCUT2D eigenvalue weighted by molar-refractivity contribution is -0.138. The summed E-state index contributed by atoms with van der Waals surface area (Å²) in [5.41, 5.74) is 1.21. The van der Waals surface area contributed by atoms with Crippen molar-refractivity contribution in [3.8, 4) is 0 Å². The number of carboxylic acids is 1. The highest BCUT2D eigenvalue weighted by molar-refractivity contribution is 5.67. The van der Waals surface area contributed by atoms with Gasteiger partial charge in [-0.15, -0.1) is 0 Å². The second-order valence-corrected chi connectivity index (χ2v) is 2.96. The molecule has 1 aliphatic rings. The molecule has 0 amide bonds. The largest absolute Gasteiger partial charge is 0.481 e. The molecule has 0 aliphatic heterocycles. The monoisotopic (exact) mass is 140 g/mol. The van der Waals surface area contributed by atoms with Gasteiger partial charge in [-0.25, -0.2) is 0 Å². The fraction of sp³-hybridized carbons (Fsp3) is 0.625. The van der Waals surface area contributed by atoms with Crippen molar-refractivity contribution in [2.75, 3.05) is 0 Å². The smallest absolute Gasteiger partial charge is 0.303 e. The number of allylic oxidation sites excluding steroid dienone is 1. The third kappa shape index (κ3) is 1.87. The highest BCUT2D eigenvalue weighted by Gasteiger charge is 2.19. The van der Waals surface area contributed by atoms with Crippen LogP contribution in [0.2, 0.25) is 0 Å². The quantitative estimate of drug-likeness (QED) is 0.594. The van der Waals surface area contributed by atoms with Crippen LogP contribution in [0.5, 0.6) is 0 Å². The average Bonchev–Trinajstić information content (AvgIpc) is 2.13. The first-order chi connectivity index (χ1) is 4.68. The molecule has 1 N–H and O–H groups in total. The average molecular weight is 140 g/mol. The van der Waals surface area contributed by atoms with E-state index >= 15 is 0 Å². The van der Waals surface area contributed by atoms with Gasteiger partial charge < -0.3 is 5.11 Å². The summed E-state index contributed by atoms with van der Waals surface area (Å²) in [5, 5.41) is 8.43. The van der Waals surface area contributed by atoms with E-state index in [4.69, 9.17) is 5.11 Å². The standard InChI is InChI=1S/C8H12O2/c1-6-2-3-7(4-6)5-8(9)10/h7H,1-5H2,(H,9,10)/t7-/m0/s1. The summed E-state index contributed by atoms with van der Waals surface area (Å²) >= 11 is 0. The Morgan fingerprint density at radius 3 is 2.90 bits per heavy atom. The van der Waals surface area contributed by atoms with Crippen molar-refractivity contribution in [2.45, 2.75) is 25.7 Å². The summed E-state index contributed by atoms with van der Waals surface area (Å²) in [6.45, 7) is 3.82. The van der Waals surface area contributed by atoms with Crippen molar-refractivity contribution in [1.82, 2.24) is 0 Å². The molecule has 0 unspecified atom stereocenters. The van der Waals surface area contributed by atoms with Crippen LogP contribution in [0.4, 0.5) is 0 Å². The Morgan fingerprint density at radius 1 is 1.80 bits per heavy atom. The summed E-state index contributed by atoms with van der Waals surface area (Å²) in [5.74, 6) is -0.315. The first kappa shape index (κ1) is 7.32. The Balaban J connectivity index is 2.31. The van der Waals surface area contributed by atoms with Crippen LogP contribution >= 0.6 is 0 Å². The van der Waals surface area contributed by atoms with Gasteiger partial charge >= 0.3 is 5.97 Å². The Bertz CT molecular complexity index is 161. The number of aliphatic carboxylic acids is 1. The van der Waals surface area contributed by atoms with Crippen LogP contribution in [0.15, 0.2) is 12.2 Å². The molecule has 1 fully saturated rings. The Hall–Kier alpha value is -0.790. The van der Waals surface area contributed by atoms with Gasteiger partial charge in [-0.3, -0.25) is 4.79 Å². The van der Waals surface area contributed by atoms with Crippen LogP contribution in [0.1, 0.15) is 25.7 Å². The summed E-state index contributed by atoms with van der Waals surface area (Å²) in [6.07, 6.45) is 3.29. The molecule has 1 atom stereocenters. The fourth-order valence-electron chi connectivity index (χ4n) is 1.44. The fourth-order valence-corrected chi connectivity index (χ4v) is 1.44. The molecule has 2 heteroatoms. The van der Waals surface area contributed by atoms with E-state index < -0.39 is 5.97 Å². The van der Waals surface area contributed by atoms with Gasteiger partial charge in [-0.1, -0.05) is 12.2 Å². The van der Waals surface area contributed by atoms with Crippen LogP contribution in [-0.4, -0.2) is 11.1 Å². The third-order valence-electron chi connectivity index (χ3n) is 1.95. The van der Waals surface area contributed by atoms with Gasteiger partial charge in [0, 0.05) is 6.42 Å². The van der Waals surface area contributed by atoms with E-state index in [0.717, 1.165) is 19.3 Å². The molecule has 56 valence electrons. The lowest BCUT2D eigenvalue weighted by atomic mass is 10.0. The van der Waals surface area contributed by atoms with Crippen molar-refractivity contribution in [3.63, 3.8) is 0 Å². The zero-order valence-corrected chi connectivity index (χ0v) is 5.97. The Morgan fingerprint density at radius 2 is 2.50 bits per heavy atom. The van der Waals surface area contributed by atoms with Crippen molar-refractivity contribution in [1.29, 1.82) is 0 Å². The number of carboxylic acid groups (broad SMARTS) is 1. The van der Waals surface area contributed by atoms with Crippen LogP contribution in [0.3, 0.4) is 0 Å². The zero-order valence-electron chi connectivity index (χ0n) is 5.97. The predicted octanol–water partition coefficient (Wildman–Crippen LogP) is 1.82. The van der Waals surface area contributed by atoms with Gasteiger partial charge in [0.15, 0.2) is 0 Å². The highest BCUT2D eigenvalue weighted by atomic mass is 16.4. The van der Waals surface area contributed by atoms with Gasteiger partial charge in [0.25, 0.3) is 0 Å². The third-order valence-corrected chi connectivity index (χ3v) is 1.95. The Kier molecular flexibility index (Phi) is 2.10. The van der Waals surface area contributed by atoms with Gasteiger partial charge in [0.05, 0.1) is 0 Å². The Labute approximate surface area is 60.6 Å². The highest BCUT2D eigenvalue weighted by Crippen LogP contribution is 2.30. The van der Waals surface area contributed by atoms with Gasteiger partial charge in [0.1, 0.15) is 0 Å². The molecule has 0 bridgehead atoms. The first-order valence-electron chi connectivity index (χ1n) is 3.57. The topological polar surface area (TPSA) is 37.3 Å². The SMILES string of the molecule is C=C1CC[C@H](CC(=O)O)C1. The number of carbonyl (C=O) groups is 1. The lowest BCUT2D eigenvalue weighted by Crippen LogP contribution is -2.02. The van der Waals surface area contributed by atoms with Gasteiger partial charge in [0.2, 0.25) is 0 Å². The second-order valence-electron chi connectivity index (χ2n) is 2.96. The van der Waals surface area contributed by atoms with Gasteiger partial charge in [-0.05, 0) is 25.2 Å². The van der Waals surface area contributed by atoms with Crippen molar-refractivity contribution < 1.29 is 9.90 Å². The maximum absolute atomic E-state index is 10.2. The maximum atomic E-state index is 10.2. The van der Waals surface area contributed by atoms with Crippen molar-refractivity contribution in [3.05, 3.63) is 12.2 Å². The van der Waals surface area contributed by atoms with Crippen LogP contribution in [-0.2, 0) is 4.79 Å². The molecule has 0 radical (unpaired) electrons. The molecular weight excluding hydrogens is 128 g/mol.